The monoisotopic (exact) mass is 249 g/mol. The summed E-state index contributed by atoms with van der Waals surface area (Å²) in [7, 11) is 0. The first-order chi connectivity index (χ1) is 8.69. The van der Waals surface area contributed by atoms with Gasteiger partial charge in [-0.3, -0.25) is 4.98 Å². The van der Waals surface area contributed by atoms with Gasteiger partial charge in [0.15, 0.2) is 0 Å². The predicted octanol–water partition coefficient (Wildman–Crippen LogP) is 1.59. The number of pyridine rings is 1. The van der Waals surface area contributed by atoms with E-state index in [0.717, 1.165) is 0 Å². The van der Waals surface area contributed by atoms with Crippen molar-refractivity contribution in [3.05, 3.63) is 35.7 Å². The molecule has 0 amide bonds. The van der Waals surface area contributed by atoms with Crippen molar-refractivity contribution in [3.8, 4) is 0 Å². The first-order valence-corrected chi connectivity index (χ1v) is 5.65. The van der Waals surface area contributed by atoms with Crippen LogP contribution in [0.3, 0.4) is 0 Å². The van der Waals surface area contributed by atoms with Gasteiger partial charge < -0.3 is 9.47 Å². The Balaban J connectivity index is 3.00. The molecule has 18 heavy (non-hydrogen) atoms. The highest BCUT2D eigenvalue weighted by atomic mass is 16.6. The van der Waals surface area contributed by atoms with Crippen molar-refractivity contribution >= 4 is 18.0 Å². The summed E-state index contributed by atoms with van der Waals surface area (Å²) in [5.41, 5.74) is 0.500. The first kappa shape index (κ1) is 13.9. The van der Waals surface area contributed by atoms with Gasteiger partial charge in [-0.15, -0.1) is 0 Å². The molecule has 0 radical (unpaired) electrons. The van der Waals surface area contributed by atoms with Crippen LogP contribution < -0.4 is 0 Å². The molecule has 1 rings (SSSR count). The molecule has 0 aliphatic heterocycles. The van der Waals surface area contributed by atoms with Crippen LogP contribution in [0, 0.1) is 0 Å². The molecule has 1 heterocycles. The summed E-state index contributed by atoms with van der Waals surface area (Å²) in [6.45, 7) is 3.74. The largest absolute Gasteiger partial charge is 0.462 e. The Hall–Kier alpha value is -2.17. The van der Waals surface area contributed by atoms with Gasteiger partial charge in [-0.2, -0.15) is 0 Å². The molecule has 0 unspecified atom stereocenters. The maximum atomic E-state index is 11.7. The van der Waals surface area contributed by atoms with Gasteiger partial charge in [0.25, 0.3) is 0 Å². The molecule has 96 valence electrons. The lowest BCUT2D eigenvalue weighted by molar-refractivity contribution is -0.146. The van der Waals surface area contributed by atoms with Crippen molar-refractivity contribution in [1.29, 1.82) is 0 Å². The molecule has 0 fully saturated rings. The smallest absolute Gasteiger partial charge is 0.345 e. The van der Waals surface area contributed by atoms with Gasteiger partial charge in [0.2, 0.25) is 0 Å². The number of ether oxygens (including phenoxy) is 2. The summed E-state index contributed by atoms with van der Waals surface area (Å²) < 4.78 is 9.63. The molecule has 0 aliphatic rings. The quantitative estimate of drug-likeness (QED) is 0.343. The van der Waals surface area contributed by atoms with Crippen LogP contribution in [0.5, 0.6) is 0 Å². The standard InChI is InChI=1S/C13H15NO4/c1-3-17-12(15)11(13(16)18-4-2)8-10-6-5-7-14-9-10/h5-9H,3-4H2,1-2H3. The zero-order chi connectivity index (χ0) is 13.4. The van der Waals surface area contributed by atoms with Gasteiger partial charge in [0, 0.05) is 12.4 Å². The van der Waals surface area contributed by atoms with Gasteiger partial charge in [-0.1, -0.05) is 6.07 Å². The van der Waals surface area contributed by atoms with Crippen molar-refractivity contribution in [3.63, 3.8) is 0 Å². The third-order valence-electron chi connectivity index (χ3n) is 1.99. The van der Waals surface area contributed by atoms with E-state index >= 15 is 0 Å². The van der Waals surface area contributed by atoms with E-state index < -0.39 is 11.9 Å². The number of rotatable bonds is 5. The summed E-state index contributed by atoms with van der Waals surface area (Å²) in [5, 5.41) is 0. The highest BCUT2D eigenvalue weighted by Gasteiger charge is 2.20. The molecule has 0 atom stereocenters. The maximum Gasteiger partial charge on any atom is 0.345 e. The summed E-state index contributed by atoms with van der Waals surface area (Å²) >= 11 is 0. The van der Waals surface area contributed by atoms with Crippen LogP contribution in [0.1, 0.15) is 19.4 Å². The highest BCUT2D eigenvalue weighted by molar-refractivity contribution is 6.17. The Morgan fingerprint density at radius 2 is 1.83 bits per heavy atom. The first-order valence-electron chi connectivity index (χ1n) is 5.65. The van der Waals surface area contributed by atoms with Crippen molar-refractivity contribution in [1.82, 2.24) is 4.98 Å². The molecule has 1 aromatic rings. The molecule has 0 saturated carbocycles. The zero-order valence-corrected chi connectivity index (χ0v) is 10.4. The van der Waals surface area contributed by atoms with Crippen molar-refractivity contribution in [2.24, 2.45) is 0 Å². The van der Waals surface area contributed by atoms with Gasteiger partial charge in [0.05, 0.1) is 13.2 Å². The molecule has 0 saturated heterocycles. The lowest BCUT2D eigenvalue weighted by Gasteiger charge is -2.06. The summed E-state index contributed by atoms with van der Waals surface area (Å²) in [5.74, 6) is -1.39. The van der Waals surface area contributed by atoms with Crippen LogP contribution in [0.25, 0.3) is 6.08 Å². The molecule has 5 heteroatoms. The Morgan fingerprint density at radius 3 is 2.28 bits per heavy atom. The van der Waals surface area contributed by atoms with Gasteiger partial charge >= 0.3 is 11.9 Å². The van der Waals surface area contributed by atoms with Crippen LogP contribution in [-0.4, -0.2) is 30.1 Å². The fourth-order valence-electron chi connectivity index (χ4n) is 1.25. The summed E-state index contributed by atoms with van der Waals surface area (Å²) in [6, 6.07) is 3.44. The van der Waals surface area contributed by atoms with Crippen molar-refractivity contribution in [2.45, 2.75) is 13.8 Å². The fourth-order valence-corrected chi connectivity index (χ4v) is 1.25. The number of nitrogens with zero attached hydrogens (tertiary/aromatic N) is 1. The minimum Gasteiger partial charge on any atom is -0.462 e. The predicted molar refractivity (Wildman–Crippen MR) is 65.5 cm³/mol. The molecule has 0 N–H and O–H groups in total. The van der Waals surface area contributed by atoms with E-state index in [0.29, 0.717) is 5.56 Å². The highest BCUT2D eigenvalue weighted by Crippen LogP contribution is 2.09. The minimum absolute atomic E-state index is 0.133. The minimum atomic E-state index is -0.695. The Morgan fingerprint density at radius 1 is 1.22 bits per heavy atom. The van der Waals surface area contributed by atoms with E-state index in [9.17, 15) is 9.59 Å². The van der Waals surface area contributed by atoms with E-state index in [4.69, 9.17) is 9.47 Å². The number of aromatic nitrogens is 1. The van der Waals surface area contributed by atoms with Gasteiger partial charge in [-0.05, 0) is 31.6 Å². The summed E-state index contributed by atoms with van der Waals surface area (Å²) in [6.07, 6.45) is 4.55. The number of hydrogen-bond acceptors (Lipinski definition) is 5. The van der Waals surface area contributed by atoms with Gasteiger partial charge in [0.1, 0.15) is 5.57 Å². The van der Waals surface area contributed by atoms with E-state index in [1.165, 1.54) is 6.08 Å². The normalized spacial score (nSPS) is 9.44. The average molecular weight is 249 g/mol. The molecule has 0 aromatic carbocycles. The second-order valence-electron chi connectivity index (χ2n) is 3.29. The third kappa shape index (κ3) is 4.01. The maximum absolute atomic E-state index is 11.7. The van der Waals surface area contributed by atoms with Crippen LogP contribution in [0.15, 0.2) is 30.1 Å². The molecular weight excluding hydrogens is 234 g/mol. The Labute approximate surface area is 105 Å². The molecule has 0 spiro atoms. The second kappa shape index (κ2) is 7.21. The van der Waals surface area contributed by atoms with E-state index in [-0.39, 0.29) is 18.8 Å². The van der Waals surface area contributed by atoms with Gasteiger partial charge in [-0.25, -0.2) is 9.59 Å². The topological polar surface area (TPSA) is 65.5 Å². The van der Waals surface area contributed by atoms with Crippen LogP contribution in [0.4, 0.5) is 0 Å². The fraction of sp³-hybridized carbons (Fsp3) is 0.308. The number of carbonyl (C=O) groups excluding carboxylic acids is 2. The molecule has 5 nitrogen and oxygen atoms in total. The van der Waals surface area contributed by atoms with E-state index in [1.54, 1.807) is 38.4 Å². The Kier molecular flexibility index (Phi) is 5.57. The van der Waals surface area contributed by atoms with E-state index in [2.05, 4.69) is 4.98 Å². The second-order valence-corrected chi connectivity index (χ2v) is 3.29. The molecule has 0 bridgehead atoms. The van der Waals surface area contributed by atoms with Crippen LogP contribution in [-0.2, 0) is 19.1 Å². The van der Waals surface area contributed by atoms with Crippen LogP contribution >= 0.6 is 0 Å². The number of hydrogen-bond donors (Lipinski definition) is 0. The number of carbonyl (C=O) groups is 2. The van der Waals surface area contributed by atoms with Crippen molar-refractivity contribution < 1.29 is 19.1 Å². The van der Waals surface area contributed by atoms with Crippen molar-refractivity contribution in [2.75, 3.05) is 13.2 Å². The molecular formula is C13H15NO4. The SMILES string of the molecule is CCOC(=O)C(=Cc1cccnc1)C(=O)OCC. The average Bonchev–Trinajstić information content (AvgIpc) is 2.37. The lowest BCUT2D eigenvalue weighted by atomic mass is 10.1. The molecule has 0 aliphatic carbocycles. The molecule has 1 aromatic heterocycles. The Bertz CT molecular complexity index is 420. The third-order valence-corrected chi connectivity index (χ3v) is 1.99. The summed E-state index contributed by atoms with van der Waals surface area (Å²) in [4.78, 5) is 27.2. The van der Waals surface area contributed by atoms with E-state index in [1.807, 2.05) is 0 Å². The lowest BCUT2D eigenvalue weighted by Crippen LogP contribution is -2.18. The zero-order valence-electron chi connectivity index (χ0n) is 10.4. The van der Waals surface area contributed by atoms with Crippen LogP contribution in [0.2, 0.25) is 0 Å². The number of esters is 2.